The first-order chi connectivity index (χ1) is 8.47. The Bertz CT molecular complexity index is 449. The zero-order valence-corrected chi connectivity index (χ0v) is 11.3. The molecular formula is C12H15NO4S. The molecule has 18 heavy (non-hydrogen) atoms. The highest BCUT2D eigenvalue weighted by molar-refractivity contribution is 8.00. The Hall–Kier alpha value is -1.56. The lowest BCUT2D eigenvalue weighted by atomic mass is 10.1. The fraction of sp³-hybridized carbons (Fsp3) is 0.417. The third kappa shape index (κ3) is 3.46. The van der Waals surface area contributed by atoms with E-state index in [0.717, 1.165) is 0 Å². The molecule has 0 fully saturated rings. The quantitative estimate of drug-likeness (QED) is 0.356. The molecule has 6 heteroatoms. The molecule has 0 aliphatic heterocycles. The number of para-hydroxylation sites is 1. The fourth-order valence-electron chi connectivity index (χ4n) is 1.39. The summed E-state index contributed by atoms with van der Waals surface area (Å²) < 4.78 is 4.66. The Balaban J connectivity index is 2.85. The minimum absolute atomic E-state index is 0.0615. The van der Waals surface area contributed by atoms with Crippen LogP contribution >= 0.6 is 11.8 Å². The first kappa shape index (κ1) is 14.5. The second kappa shape index (κ2) is 6.39. The maximum Gasteiger partial charge on any atom is 0.309 e. The summed E-state index contributed by atoms with van der Waals surface area (Å²) in [6, 6.07) is 6.50. The molecule has 0 bridgehead atoms. The SMILES string of the molecule is COC(=O)C(C)C(C)Sc1ccccc1[N+](=O)[O-]. The number of nitro groups is 1. The summed E-state index contributed by atoms with van der Waals surface area (Å²) in [5, 5.41) is 10.8. The normalized spacial score (nSPS) is 13.7. The molecule has 0 amide bonds. The number of esters is 1. The van der Waals surface area contributed by atoms with Gasteiger partial charge in [-0.05, 0) is 6.07 Å². The van der Waals surface area contributed by atoms with E-state index in [9.17, 15) is 14.9 Å². The molecule has 0 aromatic heterocycles. The van der Waals surface area contributed by atoms with E-state index in [-0.39, 0.29) is 22.8 Å². The second-order valence-electron chi connectivity index (χ2n) is 3.86. The van der Waals surface area contributed by atoms with Gasteiger partial charge in [-0.3, -0.25) is 14.9 Å². The zero-order chi connectivity index (χ0) is 13.7. The maximum absolute atomic E-state index is 11.4. The molecule has 0 saturated heterocycles. The number of thioether (sulfide) groups is 1. The van der Waals surface area contributed by atoms with Crippen molar-refractivity contribution in [1.82, 2.24) is 0 Å². The van der Waals surface area contributed by atoms with E-state index in [1.54, 1.807) is 25.1 Å². The van der Waals surface area contributed by atoms with Gasteiger partial charge in [0.1, 0.15) is 0 Å². The lowest BCUT2D eigenvalue weighted by molar-refractivity contribution is -0.387. The summed E-state index contributed by atoms with van der Waals surface area (Å²) in [7, 11) is 1.33. The Morgan fingerprint density at radius 1 is 1.39 bits per heavy atom. The van der Waals surface area contributed by atoms with Gasteiger partial charge in [0.05, 0.1) is 22.8 Å². The average Bonchev–Trinajstić information content (AvgIpc) is 2.37. The van der Waals surface area contributed by atoms with Crippen molar-refractivity contribution in [3.8, 4) is 0 Å². The van der Waals surface area contributed by atoms with E-state index in [1.165, 1.54) is 24.9 Å². The van der Waals surface area contributed by atoms with Gasteiger partial charge in [0.25, 0.3) is 5.69 Å². The second-order valence-corrected chi connectivity index (χ2v) is 5.28. The van der Waals surface area contributed by atoms with Crippen LogP contribution in [-0.2, 0) is 9.53 Å². The topological polar surface area (TPSA) is 69.4 Å². The van der Waals surface area contributed by atoms with Gasteiger partial charge in [-0.2, -0.15) is 0 Å². The molecule has 5 nitrogen and oxygen atoms in total. The first-order valence-electron chi connectivity index (χ1n) is 5.45. The Morgan fingerprint density at radius 3 is 2.56 bits per heavy atom. The van der Waals surface area contributed by atoms with Gasteiger partial charge in [-0.25, -0.2) is 0 Å². The molecular weight excluding hydrogens is 254 g/mol. The van der Waals surface area contributed by atoms with Crippen molar-refractivity contribution in [2.24, 2.45) is 5.92 Å². The average molecular weight is 269 g/mol. The van der Waals surface area contributed by atoms with Gasteiger partial charge in [0, 0.05) is 11.3 Å². The van der Waals surface area contributed by atoms with Gasteiger partial charge < -0.3 is 4.74 Å². The van der Waals surface area contributed by atoms with Crippen molar-refractivity contribution in [3.05, 3.63) is 34.4 Å². The van der Waals surface area contributed by atoms with E-state index < -0.39 is 4.92 Å². The van der Waals surface area contributed by atoms with E-state index in [0.29, 0.717) is 4.90 Å². The van der Waals surface area contributed by atoms with E-state index >= 15 is 0 Å². The fourth-order valence-corrected chi connectivity index (χ4v) is 2.52. The first-order valence-corrected chi connectivity index (χ1v) is 6.33. The number of hydrogen-bond donors (Lipinski definition) is 0. The number of carbonyl (C=O) groups is 1. The lowest BCUT2D eigenvalue weighted by Gasteiger charge is -2.16. The van der Waals surface area contributed by atoms with Crippen LogP contribution in [0.4, 0.5) is 5.69 Å². The Morgan fingerprint density at radius 2 is 2.00 bits per heavy atom. The summed E-state index contributed by atoms with van der Waals surface area (Å²) >= 11 is 1.31. The molecule has 1 rings (SSSR count). The highest BCUT2D eigenvalue weighted by Crippen LogP contribution is 2.34. The van der Waals surface area contributed by atoms with Crippen molar-refractivity contribution in [1.29, 1.82) is 0 Å². The lowest BCUT2D eigenvalue weighted by Crippen LogP contribution is -2.22. The maximum atomic E-state index is 11.4. The summed E-state index contributed by atoms with van der Waals surface area (Å²) in [5.74, 6) is -0.631. The standard InChI is InChI=1S/C12H15NO4S/c1-8(12(14)17-3)9(2)18-11-7-5-4-6-10(11)13(15)16/h4-9H,1-3H3. The number of rotatable bonds is 5. The van der Waals surface area contributed by atoms with Crippen LogP contribution in [0.2, 0.25) is 0 Å². The molecule has 0 radical (unpaired) electrons. The number of nitro benzene ring substituents is 1. The number of benzene rings is 1. The van der Waals surface area contributed by atoms with Crippen LogP contribution in [0.5, 0.6) is 0 Å². The molecule has 1 aromatic rings. The molecule has 0 saturated carbocycles. The summed E-state index contributed by atoms with van der Waals surface area (Å²) in [4.78, 5) is 22.4. The molecule has 2 atom stereocenters. The van der Waals surface area contributed by atoms with Crippen LogP contribution in [0.1, 0.15) is 13.8 Å². The number of methoxy groups -OCH3 is 1. The highest BCUT2D eigenvalue weighted by atomic mass is 32.2. The predicted molar refractivity (Wildman–Crippen MR) is 69.6 cm³/mol. The van der Waals surface area contributed by atoms with E-state index in [1.807, 2.05) is 6.92 Å². The minimum atomic E-state index is -0.419. The summed E-state index contributed by atoms with van der Waals surface area (Å²) in [5.41, 5.74) is 0.0615. The largest absolute Gasteiger partial charge is 0.469 e. The molecule has 0 spiro atoms. The van der Waals surface area contributed by atoms with E-state index in [4.69, 9.17) is 0 Å². The van der Waals surface area contributed by atoms with Gasteiger partial charge in [-0.15, -0.1) is 11.8 Å². The van der Waals surface area contributed by atoms with Gasteiger partial charge in [0.2, 0.25) is 0 Å². The smallest absolute Gasteiger partial charge is 0.309 e. The van der Waals surface area contributed by atoms with Crippen molar-refractivity contribution >= 4 is 23.4 Å². The Labute approximate surface area is 110 Å². The molecule has 0 heterocycles. The number of carbonyl (C=O) groups excluding carboxylic acids is 1. The van der Waals surface area contributed by atoms with Gasteiger partial charge in [-0.1, -0.05) is 26.0 Å². The molecule has 0 aliphatic rings. The van der Waals surface area contributed by atoms with Crippen LogP contribution in [-0.4, -0.2) is 23.3 Å². The molecule has 1 aromatic carbocycles. The monoisotopic (exact) mass is 269 g/mol. The third-order valence-electron chi connectivity index (χ3n) is 2.65. The van der Waals surface area contributed by atoms with Crippen LogP contribution in [0.3, 0.4) is 0 Å². The summed E-state index contributed by atoms with van der Waals surface area (Å²) in [6.45, 7) is 3.60. The van der Waals surface area contributed by atoms with E-state index in [2.05, 4.69) is 4.74 Å². The predicted octanol–water partition coefficient (Wildman–Crippen LogP) is 2.88. The molecule has 2 unspecified atom stereocenters. The van der Waals surface area contributed by atoms with Crippen molar-refractivity contribution in [2.75, 3.05) is 7.11 Å². The van der Waals surface area contributed by atoms with Gasteiger partial charge >= 0.3 is 5.97 Å². The zero-order valence-electron chi connectivity index (χ0n) is 10.5. The Kier molecular flexibility index (Phi) is 5.15. The van der Waals surface area contributed by atoms with Crippen molar-refractivity contribution in [3.63, 3.8) is 0 Å². The highest BCUT2D eigenvalue weighted by Gasteiger charge is 2.24. The number of nitrogens with zero attached hydrogens (tertiary/aromatic N) is 1. The van der Waals surface area contributed by atoms with Crippen LogP contribution in [0.25, 0.3) is 0 Å². The minimum Gasteiger partial charge on any atom is -0.469 e. The van der Waals surface area contributed by atoms with Gasteiger partial charge in [0.15, 0.2) is 0 Å². The van der Waals surface area contributed by atoms with Crippen LogP contribution < -0.4 is 0 Å². The third-order valence-corrected chi connectivity index (χ3v) is 4.03. The van der Waals surface area contributed by atoms with Crippen LogP contribution in [0.15, 0.2) is 29.2 Å². The summed E-state index contributed by atoms with van der Waals surface area (Å²) in [6.07, 6.45) is 0. The van der Waals surface area contributed by atoms with Crippen molar-refractivity contribution < 1.29 is 14.5 Å². The molecule has 0 N–H and O–H groups in total. The molecule has 98 valence electrons. The molecule has 0 aliphatic carbocycles. The number of ether oxygens (including phenoxy) is 1. The number of hydrogen-bond acceptors (Lipinski definition) is 5. The van der Waals surface area contributed by atoms with Crippen molar-refractivity contribution in [2.45, 2.75) is 24.0 Å². The van der Waals surface area contributed by atoms with Crippen LogP contribution in [0, 0.1) is 16.0 Å².